The minimum Gasteiger partial charge on any atom is -0.492 e. The molecule has 0 bridgehead atoms. The Morgan fingerprint density at radius 1 is 1.00 bits per heavy atom. The predicted molar refractivity (Wildman–Crippen MR) is 94.7 cm³/mol. The number of benzene rings is 2. The molecule has 0 spiro atoms. The van der Waals surface area contributed by atoms with Crippen molar-refractivity contribution in [3.63, 3.8) is 0 Å². The fraction of sp³-hybridized carbons (Fsp3) is 0.333. The average molecular weight is 338 g/mol. The minimum atomic E-state index is -0.542. The fourth-order valence-corrected chi connectivity index (χ4v) is 1.98. The van der Waals surface area contributed by atoms with Crippen molar-refractivity contribution in [2.24, 2.45) is 0 Å². The highest BCUT2D eigenvalue weighted by molar-refractivity contribution is 5.85. The average Bonchev–Trinajstić information content (AvgIpc) is 2.54. The van der Waals surface area contributed by atoms with Gasteiger partial charge in [0.15, 0.2) is 0 Å². The van der Waals surface area contributed by atoms with Crippen LogP contribution in [0.25, 0.3) is 0 Å². The van der Waals surface area contributed by atoms with Crippen molar-refractivity contribution in [3.8, 4) is 11.5 Å². The molecule has 4 nitrogen and oxygen atoms in total. The van der Waals surface area contributed by atoms with Crippen LogP contribution in [0, 0.1) is 6.92 Å². The summed E-state index contributed by atoms with van der Waals surface area (Å²) in [6.45, 7) is 4.03. The second kappa shape index (κ2) is 10.9. The fourth-order valence-electron chi connectivity index (χ4n) is 1.98. The Labute approximate surface area is 143 Å². The van der Waals surface area contributed by atoms with Crippen molar-refractivity contribution < 1.29 is 14.6 Å². The molecule has 23 heavy (non-hydrogen) atoms. The summed E-state index contributed by atoms with van der Waals surface area (Å²) in [7, 11) is 0. The second-order valence-electron chi connectivity index (χ2n) is 5.15. The van der Waals surface area contributed by atoms with E-state index in [1.165, 1.54) is 5.56 Å². The van der Waals surface area contributed by atoms with Crippen molar-refractivity contribution in [1.29, 1.82) is 0 Å². The molecule has 0 aliphatic carbocycles. The van der Waals surface area contributed by atoms with E-state index in [4.69, 9.17) is 9.47 Å². The zero-order chi connectivity index (χ0) is 15.6. The molecule has 0 radical (unpaired) electrons. The van der Waals surface area contributed by atoms with Crippen LogP contribution in [-0.2, 0) is 0 Å². The number of hydrogen-bond acceptors (Lipinski definition) is 4. The lowest BCUT2D eigenvalue weighted by atomic mass is 10.2. The Morgan fingerprint density at radius 3 is 2.48 bits per heavy atom. The maximum atomic E-state index is 9.83. The molecule has 1 atom stereocenters. The van der Waals surface area contributed by atoms with Gasteiger partial charge in [-0.1, -0.05) is 30.3 Å². The van der Waals surface area contributed by atoms with Gasteiger partial charge in [-0.05, 0) is 36.8 Å². The van der Waals surface area contributed by atoms with Crippen LogP contribution >= 0.6 is 12.4 Å². The lowest BCUT2D eigenvalue weighted by Crippen LogP contribution is -2.33. The zero-order valence-corrected chi connectivity index (χ0v) is 14.1. The topological polar surface area (TPSA) is 50.7 Å². The summed E-state index contributed by atoms with van der Waals surface area (Å²) in [5.74, 6) is 1.64. The van der Waals surface area contributed by atoms with E-state index >= 15 is 0 Å². The Bertz CT molecular complexity index is 551. The summed E-state index contributed by atoms with van der Waals surface area (Å²) in [6, 6.07) is 17.4. The minimum absolute atomic E-state index is 0. The number of hydrogen-bond donors (Lipinski definition) is 2. The van der Waals surface area contributed by atoms with Crippen molar-refractivity contribution in [2.75, 3.05) is 26.3 Å². The van der Waals surface area contributed by atoms with Gasteiger partial charge in [0.25, 0.3) is 0 Å². The highest BCUT2D eigenvalue weighted by Gasteiger charge is 2.04. The van der Waals surface area contributed by atoms with E-state index in [2.05, 4.69) is 5.32 Å². The first kappa shape index (κ1) is 19.3. The number of halogens is 1. The summed E-state index contributed by atoms with van der Waals surface area (Å²) < 4.78 is 11.1. The number of rotatable bonds is 9. The van der Waals surface area contributed by atoms with Gasteiger partial charge in [0.2, 0.25) is 0 Å². The van der Waals surface area contributed by atoms with Gasteiger partial charge in [0, 0.05) is 13.1 Å². The van der Waals surface area contributed by atoms with Crippen LogP contribution in [0.3, 0.4) is 0 Å². The first-order chi connectivity index (χ1) is 10.7. The Balaban J connectivity index is 0.00000264. The van der Waals surface area contributed by atoms with Crippen molar-refractivity contribution in [1.82, 2.24) is 5.32 Å². The van der Waals surface area contributed by atoms with Gasteiger partial charge in [-0.3, -0.25) is 0 Å². The van der Waals surface area contributed by atoms with Crippen LogP contribution in [-0.4, -0.2) is 37.5 Å². The van der Waals surface area contributed by atoms with Gasteiger partial charge in [0.1, 0.15) is 30.8 Å². The molecule has 0 aliphatic heterocycles. The van der Waals surface area contributed by atoms with Crippen LogP contribution in [0.5, 0.6) is 11.5 Å². The van der Waals surface area contributed by atoms with Crippen LogP contribution in [0.4, 0.5) is 0 Å². The summed E-state index contributed by atoms with van der Waals surface area (Å²) in [6.07, 6.45) is -0.542. The second-order valence-corrected chi connectivity index (χ2v) is 5.15. The van der Waals surface area contributed by atoms with Crippen molar-refractivity contribution >= 4 is 12.4 Å². The molecule has 1 unspecified atom stereocenters. The van der Waals surface area contributed by atoms with Gasteiger partial charge in [-0.15, -0.1) is 12.4 Å². The number of ether oxygens (including phenoxy) is 2. The molecule has 2 aromatic carbocycles. The molecule has 0 saturated carbocycles. The van der Waals surface area contributed by atoms with Gasteiger partial charge >= 0.3 is 0 Å². The molecule has 0 aromatic heterocycles. The summed E-state index contributed by atoms with van der Waals surface area (Å²) in [5, 5.41) is 13.0. The number of para-hydroxylation sites is 1. The van der Waals surface area contributed by atoms with Gasteiger partial charge < -0.3 is 19.9 Å². The van der Waals surface area contributed by atoms with Crippen molar-refractivity contribution in [2.45, 2.75) is 13.0 Å². The molecule has 2 rings (SSSR count). The number of aliphatic hydroxyl groups excluding tert-OH is 1. The predicted octanol–water partition coefficient (Wildman–Crippen LogP) is 2.83. The van der Waals surface area contributed by atoms with Crippen LogP contribution in [0.15, 0.2) is 54.6 Å². The first-order valence-corrected chi connectivity index (χ1v) is 7.50. The molecule has 126 valence electrons. The van der Waals surface area contributed by atoms with E-state index < -0.39 is 6.10 Å². The molecule has 0 saturated heterocycles. The molecule has 0 amide bonds. The molecule has 5 heteroatoms. The molecule has 0 fully saturated rings. The Kier molecular flexibility index (Phi) is 9.14. The third kappa shape index (κ3) is 7.88. The highest BCUT2D eigenvalue weighted by Crippen LogP contribution is 2.11. The molecule has 2 N–H and O–H groups in total. The van der Waals surface area contributed by atoms with Gasteiger partial charge in [-0.25, -0.2) is 0 Å². The first-order valence-electron chi connectivity index (χ1n) is 7.50. The van der Waals surface area contributed by atoms with E-state index in [0.717, 1.165) is 11.5 Å². The van der Waals surface area contributed by atoms with Gasteiger partial charge in [-0.2, -0.15) is 0 Å². The maximum absolute atomic E-state index is 9.83. The van der Waals surface area contributed by atoms with E-state index in [0.29, 0.717) is 19.7 Å². The van der Waals surface area contributed by atoms with E-state index in [1.54, 1.807) is 0 Å². The highest BCUT2D eigenvalue weighted by atomic mass is 35.5. The lowest BCUT2D eigenvalue weighted by molar-refractivity contribution is 0.105. The zero-order valence-electron chi connectivity index (χ0n) is 13.3. The monoisotopic (exact) mass is 337 g/mol. The normalized spacial score (nSPS) is 11.4. The molecule has 0 heterocycles. The van der Waals surface area contributed by atoms with Gasteiger partial charge in [0.05, 0.1) is 0 Å². The number of aryl methyl sites for hydroxylation is 1. The van der Waals surface area contributed by atoms with E-state index in [9.17, 15) is 5.11 Å². The number of nitrogens with one attached hydrogen (secondary N) is 1. The third-order valence-electron chi connectivity index (χ3n) is 3.10. The van der Waals surface area contributed by atoms with E-state index in [-0.39, 0.29) is 19.0 Å². The standard InChI is InChI=1S/C18H23NO3.ClH/c1-15-6-5-9-18(12-15)21-11-10-19-13-16(20)14-22-17-7-3-2-4-8-17;/h2-9,12,16,19-20H,10-11,13-14H2,1H3;1H. The SMILES string of the molecule is Cc1cccc(OCCNCC(O)COc2ccccc2)c1.Cl. The lowest BCUT2D eigenvalue weighted by Gasteiger charge is -2.13. The smallest absolute Gasteiger partial charge is 0.119 e. The van der Waals surface area contributed by atoms with Crippen LogP contribution in [0.1, 0.15) is 5.56 Å². The Hall–Kier alpha value is -1.75. The summed E-state index contributed by atoms with van der Waals surface area (Å²) in [5.41, 5.74) is 1.18. The largest absolute Gasteiger partial charge is 0.492 e. The molecular formula is C18H24ClNO3. The maximum Gasteiger partial charge on any atom is 0.119 e. The van der Waals surface area contributed by atoms with E-state index in [1.807, 2.05) is 61.5 Å². The van der Waals surface area contributed by atoms with Crippen molar-refractivity contribution in [3.05, 3.63) is 60.2 Å². The van der Waals surface area contributed by atoms with Crippen LogP contribution < -0.4 is 14.8 Å². The summed E-state index contributed by atoms with van der Waals surface area (Å²) in [4.78, 5) is 0. The number of aliphatic hydroxyl groups is 1. The van der Waals surface area contributed by atoms with Crippen LogP contribution in [0.2, 0.25) is 0 Å². The third-order valence-corrected chi connectivity index (χ3v) is 3.10. The Morgan fingerprint density at radius 2 is 1.74 bits per heavy atom. The molecule has 2 aromatic rings. The molecule has 0 aliphatic rings. The molecular weight excluding hydrogens is 314 g/mol. The quantitative estimate of drug-likeness (QED) is 0.691. The summed E-state index contributed by atoms with van der Waals surface area (Å²) >= 11 is 0.